The van der Waals surface area contributed by atoms with Crippen molar-refractivity contribution in [1.82, 2.24) is 14.8 Å². The van der Waals surface area contributed by atoms with Gasteiger partial charge in [0.2, 0.25) is 0 Å². The Labute approximate surface area is 126 Å². The van der Waals surface area contributed by atoms with Gasteiger partial charge < -0.3 is 14.0 Å². The van der Waals surface area contributed by atoms with E-state index in [1.165, 1.54) is 11.8 Å². The van der Waals surface area contributed by atoms with Crippen LogP contribution in [0.5, 0.6) is 11.5 Å². The Morgan fingerprint density at radius 2 is 2.14 bits per heavy atom. The average Bonchev–Trinajstić information content (AvgIpc) is 2.85. The summed E-state index contributed by atoms with van der Waals surface area (Å²) in [7, 11) is 1.86. The third-order valence-electron chi connectivity index (χ3n) is 3.07. The van der Waals surface area contributed by atoms with E-state index in [2.05, 4.69) is 10.2 Å². The SMILES string of the molecule is CC(=O)CSc1nnc([C@@H]2COc3ccccc3O2)n1C. The number of carbonyl (C=O) groups excluding carboxylic acids is 1. The summed E-state index contributed by atoms with van der Waals surface area (Å²) in [6.07, 6.45) is -0.302. The quantitative estimate of drug-likeness (QED) is 0.805. The van der Waals surface area contributed by atoms with E-state index in [4.69, 9.17) is 9.47 Å². The van der Waals surface area contributed by atoms with Gasteiger partial charge in [-0.1, -0.05) is 23.9 Å². The van der Waals surface area contributed by atoms with Crippen molar-refractivity contribution in [3.8, 4) is 11.5 Å². The molecule has 1 aromatic heterocycles. The molecule has 2 heterocycles. The molecule has 0 aliphatic carbocycles. The summed E-state index contributed by atoms with van der Waals surface area (Å²) < 4.78 is 13.4. The lowest BCUT2D eigenvalue weighted by Gasteiger charge is -2.25. The number of ether oxygens (including phenoxy) is 2. The summed E-state index contributed by atoms with van der Waals surface area (Å²) in [4.78, 5) is 11.1. The highest BCUT2D eigenvalue weighted by Gasteiger charge is 2.27. The van der Waals surface area contributed by atoms with Crippen molar-refractivity contribution in [3.05, 3.63) is 30.1 Å². The Bertz CT molecular complexity index is 671. The molecule has 7 heteroatoms. The second-order valence-electron chi connectivity index (χ2n) is 4.75. The lowest BCUT2D eigenvalue weighted by atomic mass is 10.2. The van der Waals surface area contributed by atoms with Gasteiger partial charge in [-0.05, 0) is 19.1 Å². The highest BCUT2D eigenvalue weighted by atomic mass is 32.2. The highest BCUT2D eigenvalue weighted by Crippen LogP contribution is 2.35. The van der Waals surface area contributed by atoms with Crippen molar-refractivity contribution < 1.29 is 14.3 Å². The molecule has 1 atom stereocenters. The van der Waals surface area contributed by atoms with Crippen molar-refractivity contribution in [2.75, 3.05) is 12.4 Å². The molecule has 2 aromatic rings. The Kier molecular flexibility index (Phi) is 3.83. The topological polar surface area (TPSA) is 66.2 Å². The second-order valence-corrected chi connectivity index (χ2v) is 5.70. The third-order valence-corrected chi connectivity index (χ3v) is 4.23. The minimum Gasteiger partial charge on any atom is -0.485 e. The van der Waals surface area contributed by atoms with E-state index in [9.17, 15) is 4.79 Å². The van der Waals surface area contributed by atoms with Crippen LogP contribution in [0, 0.1) is 0 Å². The van der Waals surface area contributed by atoms with Gasteiger partial charge in [0.15, 0.2) is 28.6 Å². The van der Waals surface area contributed by atoms with E-state index in [1.807, 2.05) is 35.9 Å². The van der Waals surface area contributed by atoms with Gasteiger partial charge in [0.1, 0.15) is 12.4 Å². The summed E-state index contributed by atoms with van der Waals surface area (Å²) in [5.74, 6) is 2.62. The fourth-order valence-corrected chi connectivity index (χ4v) is 2.76. The van der Waals surface area contributed by atoms with Crippen LogP contribution in [-0.2, 0) is 11.8 Å². The molecule has 0 N–H and O–H groups in total. The first-order valence-electron chi connectivity index (χ1n) is 6.55. The molecular formula is C14H15N3O3S. The minimum absolute atomic E-state index is 0.107. The third kappa shape index (κ3) is 2.87. The molecule has 0 spiro atoms. The largest absolute Gasteiger partial charge is 0.485 e. The lowest BCUT2D eigenvalue weighted by molar-refractivity contribution is -0.114. The maximum Gasteiger partial charge on any atom is 0.192 e. The molecule has 1 aromatic carbocycles. The van der Waals surface area contributed by atoms with Crippen LogP contribution in [0.1, 0.15) is 18.9 Å². The molecular weight excluding hydrogens is 290 g/mol. The van der Waals surface area contributed by atoms with Crippen LogP contribution < -0.4 is 9.47 Å². The number of fused-ring (bicyclic) bond motifs is 1. The monoisotopic (exact) mass is 305 g/mol. The summed E-state index contributed by atoms with van der Waals surface area (Å²) >= 11 is 1.37. The van der Waals surface area contributed by atoms with Gasteiger partial charge in [-0.15, -0.1) is 10.2 Å². The average molecular weight is 305 g/mol. The van der Waals surface area contributed by atoms with Crippen molar-refractivity contribution in [2.45, 2.75) is 18.2 Å². The number of nitrogens with zero attached hydrogens (tertiary/aromatic N) is 3. The molecule has 0 fully saturated rings. The van der Waals surface area contributed by atoms with Crippen LogP contribution in [0.3, 0.4) is 0 Å². The number of hydrogen-bond donors (Lipinski definition) is 0. The van der Waals surface area contributed by atoms with Gasteiger partial charge in [-0.3, -0.25) is 4.79 Å². The van der Waals surface area contributed by atoms with Crippen LogP contribution in [0.4, 0.5) is 0 Å². The number of para-hydroxylation sites is 2. The zero-order valence-corrected chi connectivity index (χ0v) is 12.6. The smallest absolute Gasteiger partial charge is 0.192 e. The molecule has 0 unspecified atom stereocenters. The van der Waals surface area contributed by atoms with E-state index in [1.54, 1.807) is 6.92 Å². The van der Waals surface area contributed by atoms with Crippen molar-refractivity contribution in [1.29, 1.82) is 0 Å². The molecule has 0 bridgehead atoms. The number of hydrogen-bond acceptors (Lipinski definition) is 6. The van der Waals surface area contributed by atoms with Crippen LogP contribution in [0.25, 0.3) is 0 Å². The summed E-state index contributed by atoms with van der Waals surface area (Å²) in [5, 5.41) is 8.97. The predicted octanol–water partition coefficient (Wildman–Crippen LogP) is 2.01. The number of ketones is 1. The van der Waals surface area contributed by atoms with Crippen molar-refractivity contribution in [2.24, 2.45) is 7.05 Å². The predicted molar refractivity (Wildman–Crippen MR) is 77.7 cm³/mol. The van der Waals surface area contributed by atoms with Gasteiger partial charge in [0.05, 0.1) is 5.75 Å². The van der Waals surface area contributed by atoms with Gasteiger partial charge in [-0.25, -0.2) is 0 Å². The first-order chi connectivity index (χ1) is 10.1. The molecule has 1 aliphatic rings. The number of benzene rings is 1. The summed E-state index contributed by atoms with van der Waals surface area (Å²) in [6, 6.07) is 7.54. The summed E-state index contributed by atoms with van der Waals surface area (Å²) in [6.45, 7) is 1.94. The van der Waals surface area contributed by atoms with Crippen molar-refractivity contribution >= 4 is 17.5 Å². The second kappa shape index (κ2) is 5.77. The highest BCUT2D eigenvalue weighted by molar-refractivity contribution is 7.99. The number of thioether (sulfide) groups is 1. The van der Waals surface area contributed by atoms with E-state index < -0.39 is 0 Å². The molecule has 0 saturated carbocycles. The first-order valence-corrected chi connectivity index (χ1v) is 7.53. The zero-order valence-electron chi connectivity index (χ0n) is 11.8. The number of aromatic nitrogens is 3. The minimum atomic E-state index is -0.302. The van der Waals surface area contributed by atoms with Gasteiger partial charge in [0.25, 0.3) is 0 Å². The Balaban J connectivity index is 1.78. The normalized spacial score (nSPS) is 16.8. The molecule has 110 valence electrons. The molecule has 21 heavy (non-hydrogen) atoms. The Hall–Kier alpha value is -2.02. The van der Waals surface area contributed by atoms with E-state index in [-0.39, 0.29) is 11.9 Å². The Morgan fingerprint density at radius 3 is 2.90 bits per heavy atom. The fourth-order valence-electron chi connectivity index (χ4n) is 2.05. The number of Topliss-reactive ketones (excluding diaryl/α,β-unsaturated/α-hetero) is 1. The standard InChI is InChI=1S/C14H15N3O3S/c1-9(18)8-21-14-16-15-13(17(14)2)12-7-19-10-5-3-4-6-11(10)20-12/h3-6,12H,7-8H2,1-2H3/t12-/m0/s1. The summed E-state index contributed by atoms with van der Waals surface area (Å²) in [5.41, 5.74) is 0. The van der Waals surface area contributed by atoms with Gasteiger partial charge in [-0.2, -0.15) is 0 Å². The van der Waals surface area contributed by atoms with Crippen LogP contribution in [0.2, 0.25) is 0 Å². The molecule has 0 radical (unpaired) electrons. The lowest BCUT2D eigenvalue weighted by Crippen LogP contribution is -2.24. The maximum atomic E-state index is 11.1. The van der Waals surface area contributed by atoms with Crippen LogP contribution >= 0.6 is 11.8 Å². The molecule has 3 rings (SSSR count). The molecule has 0 saturated heterocycles. The van der Waals surface area contributed by atoms with Crippen LogP contribution in [-0.4, -0.2) is 32.9 Å². The van der Waals surface area contributed by atoms with E-state index >= 15 is 0 Å². The van der Waals surface area contributed by atoms with Crippen molar-refractivity contribution in [3.63, 3.8) is 0 Å². The number of carbonyl (C=O) groups is 1. The fraction of sp³-hybridized carbons (Fsp3) is 0.357. The van der Waals surface area contributed by atoms with Gasteiger partial charge in [0, 0.05) is 7.05 Å². The molecule has 6 nitrogen and oxygen atoms in total. The van der Waals surface area contributed by atoms with Gasteiger partial charge >= 0.3 is 0 Å². The molecule has 0 amide bonds. The number of rotatable bonds is 4. The molecule has 1 aliphatic heterocycles. The maximum absolute atomic E-state index is 11.1. The first kappa shape index (κ1) is 13.9. The Morgan fingerprint density at radius 1 is 1.38 bits per heavy atom. The van der Waals surface area contributed by atoms with Crippen LogP contribution in [0.15, 0.2) is 29.4 Å². The van der Waals surface area contributed by atoms with E-state index in [0.29, 0.717) is 29.1 Å². The van der Waals surface area contributed by atoms with E-state index in [0.717, 1.165) is 5.75 Å². The zero-order chi connectivity index (χ0) is 14.8.